The Labute approximate surface area is 193 Å². The minimum absolute atomic E-state index is 0.322. The van der Waals surface area contributed by atoms with Crippen molar-refractivity contribution in [2.75, 3.05) is 0 Å². The summed E-state index contributed by atoms with van der Waals surface area (Å²) < 4.78 is 34.8. The number of hydrogen-bond donors (Lipinski definition) is 0. The first-order valence-electron chi connectivity index (χ1n) is 11.0. The van der Waals surface area contributed by atoms with Crippen molar-refractivity contribution in [1.29, 1.82) is 0 Å². The molecule has 3 aromatic rings. The van der Waals surface area contributed by atoms with Crippen LogP contribution in [-0.2, 0) is 14.3 Å². The Hall–Kier alpha value is -2.47. The lowest BCUT2D eigenvalue weighted by Gasteiger charge is -2.46. The van der Waals surface area contributed by atoms with Crippen LogP contribution in [0, 0.1) is 5.41 Å². The third-order valence-electron chi connectivity index (χ3n) is 6.30. The molecule has 1 unspecified atom stereocenters. The molecule has 4 rings (SSSR count). The summed E-state index contributed by atoms with van der Waals surface area (Å²) in [6.07, 6.45) is 3.22. The zero-order chi connectivity index (χ0) is 22.8. The molecule has 0 heterocycles. The van der Waals surface area contributed by atoms with E-state index in [4.69, 9.17) is 4.43 Å². The SMILES string of the molecule is CC(C)(C)C1(O[SiH](c2ccccc2)c2ccccc2)CCC=C1S(=O)(=O)c1ccccc1. The minimum Gasteiger partial charge on any atom is -0.400 e. The Morgan fingerprint density at radius 3 is 1.72 bits per heavy atom. The highest BCUT2D eigenvalue weighted by Crippen LogP contribution is 2.50. The van der Waals surface area contributed by atoms with Crippen LogP contribution in [0.1, 0.15) is 33.6 Å². The number of sulfone groups is 1. The van der Waals surface area contributed by atoms with Crippen molar-refractivity contribution in [3.8, 4) is 0 Å². The summed E-state index contributed by atoms with van der Waals surface area (Å²) in [4.78, 5) is 0.732. The van der Waals surface area contributed by atoms with Crippen LogP contribution < -0.4 is 10.4 Å². The average molecular weight is 463 g/mol. The van der Waals surface area contributed by atoms with Crippen LogP contribution in [0.5, 0.6) is 0 Å². The Morgan fingerprint density at radius 2 is 1.25 bits per heavy atom. The van der Waals surface area contributed by atoms with Crippen LogP contribution in [-0.4, -0.2) is 23.1 Å². The van der Waals surface area contributed by atoms with Crippen LogP contribution in [0.4, 0.5) is 0 Å². The van der Waals surface area contributed by atoms with Crippen molar-refractivity contribution in [3.63, 3.8) is 0 Å². The number of benzene rings is 3. The Kier molecular flexibility index (Phi) is 6.25. The van der Waals surface area contributed by atoms with E-state index >= 15 is 0 Å². The van der Waals surface area contributed by atoms with E-state index in [1.54, 1.807) is 24.3 Å². The first-order chi connectivity index (χ1) is 15.3. The number of hydrogen-bond acceptors (Lipinski definition) is 3. The molecule has 1 atom stereocenters. The molecule has 5 heteroatoms. The van der Waals surface area contributed by atoms with Crippen molar-refractivity contribution in [3.05, 3.63) is 102 Å². The van der Waals surface area contributed by atoms with Gasteiger partial charge in [-0.1, -0.05) is 106 Å². The van der Waals surface area contributed by atoms with Crippen molar-refractivity contribution >= 4 is 29.3 Å². The van der Waals surface area contributed by atoms with Gasteiger partial charge in [-0.3, -0.25) is 0 Å². The van der Waals surface area contributed by atoms with E-state index in [0.717, 1.165) is 10.4 Å². The van der Waals surface area contributed by atoms with Gasteiger partial charge in [0.2, 0.25) is 18.9 Å². The quantitative estimate of drug-likeness (QED) is 0.508. The van der Waals surface area contributed by atoms with Crippen LogP contribution in [0.25, 0.3) is 0 Å². The highest BCUT2D eigenvalue weighted by molar-refractivity contribution is 7.95. The van der Waals surface area contributed by atoms with Crippen LogP contribution >= 0.6 is 0 Å². The van der Waals surface area contributed by atoms with E-state index < -0.39 is 29.9 Å². The maximum atomic E-state index is 13.8. The number of allylic oxidation sites excluding steroid dienone is 1. The fourth-order valence-electron chi connectivity index (χ4n) is 4.57. The summed E-state index contributed by atoms with van der Waals surface area (Å²) in [5, 5.41) is 2.29. The van der Waals surface area contributed by atoms with Crippen molar-refractivity contribution in [2.24, 2.45) is 5.41 Å². The fourth-order valence-corrected chi connectivity index (χ4v) is 9.46. The zero-order valence-electron chi connectivity index (χ0n) is 18.9. The molecule has 0 spiro atoms. The molecule has 3 aromatic carbocycles. The summed E-state index contributed by atoms with van der Waals surface area (Å²) in [6.45, 7) is 6.27. The molecule has 0 bridgehead atoms. The molecule has 0 fully saturated rings. The van der Waals surface area contributed by atoms with Gasteiger partial charge in [-0.2, -0.15) is 0 Å². The molecule has 1 aliphatic rings. The van der Waals surface area contributed by atoms with Gasteiger partial charge in [-0.15, -0.1) is 0 Å². The molecule has 0 saturated carbocycles. The molecule has 0 N–H and O–H groups in total. The lowest BCUT2D eigenvalue weighted by molar-refractivity contribution is 0.00811. The summed E-state index contributed by atoms with van der Waals surface area (Å²) in [5.41, 5.74) is -1.31. The van der Waals surface area contributed by atoms with E-state index in [2.05, 4.69) is 45.0 Å². The van der Waals surface area contributed by atoms with Gasteiger partial charge in [0, 0.05) is 0 Å². The van der Waals surface area contributed by atoms with E-state index in [1.165, 1.54) is 0 Å². The van der Waals surface area contributed by atoms with Gasteiger partial charge < -0.3 is 4.43 Å². The molecular formula is C27H30O3SSi. The van der Waals surface area contributed by atoms with E-state index in [9.17, 15) is 8.42 Å². The normalized spacial score (nSPS) is 19.2. The smallest absolute Gasteiger partial charge is 0.241 e. The highest BCUT2D eigenvalue weighted by Gasteiger charge is 2.54. The zero-order valence-corrected chi connectivity index (χ0v) is 20.8. The molecule has 0 radical (unpaired) electrons. The largest absolute Gasteiger partial charge is 0.400 e. The maximum absolute atomic E-state index is 13.8. The van der Waals surface area contributed by atoms with Crippen LogP contribution in [0.2, 0.25) is 0 Å². The van der Waals surface area contributed by atoms with E-state index in [1.807, 2.05) is 48.5 Å². The van der Waals surface area contributed by atoms with E-state index in [-0.39, 0.29) is 0 Å². The predicted molar refractivity (Wildman–Crippen MR) is 134 cm³/mol. The third-order valence-corrected chi connectivity index (χ3v) is 10.9. The molecule has 0 amide bonds. The van der Waals surface area contributed by atoms with Gasteiger partial charge in [-0.05, 0) is 40.8 Å². The van der Waals surface area contributed by atoms with Gasteiger partial charge in [0.05, 0.1) is 15.4 Å². The van der Waals surface area contributed by atoms with Gasteiger partial charge >= 0.3 is 0 Å². The lowest BCUT2D eigenvalue weighted by Crippen LogP contribution is -2.57. The molecular weight excluding hydrogens is 432 g/mol. The van der Waals surface area contributed by atoms with Gasteiger partial charge in [-0.25, -0.2) is 8.42 Å². The van der Waals surface area contributed by atoms with Crippen LogP contribution in [0.3, 0.4) is 0 Å². The van der Waals surface area contributed by atoms with Gasteiger partial charge in [0.15, 0.2) is 0 Å². The first kappa shape index (κ1) is 22.7. The topological polar surface area (TPSA) is 43.4 Å². The first-order valence-corrected chi connectivity index (χ1v) is 14.2. The van der Waals surface area contributed by atoms with Crippen molar-refractivity contribution in [1.82, 2.24) is 0 Å². The molecule has 166 valence electrons. The molecule has 0 saturated heterocycles. The van der Waals surface area contributed by atoms with Crippen LogP contribution in [0.15, 0.2) is 107 Å². The van der Waals surface area contributed by atoms with Gasteiger partial charge in [0.25, 0.3) is 0 Å². The second kappa shape index (κ2) is 8.81. The summed E-state index contributed by atoms with van der Waals surface area (Å²) >= 11 is 0. The number of rotatable bonds is 6. The minimum atomic E-state index is -3.68. The molecule has 0 aliphatic heterocycles. The summed E-state index contributed by atoms with van der Waals surface area (Å²) in [5.74, 6) is 0. The standard InChI is InChI=1S/C27H30O3SSi/c1-26(2,3)27(21-13-20-25(27)31(28,29)22-14-7-4-8-15-22)30-32(23-16-9-5-10-17-23)24-18-11-6-12-19-24/h4-12,14-20,32H,13,21H2,1-3H3. The second-order valence-corrected chi connectivity index (χ2v) is 13.6. The Bertz CT molecular complexity index is 1140. The fraction of sp³-hybridized carbons (Fsp3) is 0.259. The maximum Gasteiger partial charge on any atom is 0.241 e. The molecule has 3 nitrogen and oxygen atoms in total. The Balaban J connectivity index is 1.85. The average Bonchev–Trinajstić information content (AvgIpc) is 3.25. The van der Waals surface area contributed by atoms with Crippen molar-refractivity contribution in [2.45, 2.75) is 44.1 Å². The highest BCUT2D eigenvalue weighted by atomic mass is 32.2. The monoisotopic (exact) mass is 462 g/mol. The van der Waals surface area contributed by atoms with Gasteiger partial charge in [0.1, 0.15) is 0 Å². The summed E-state index contributed by atoms with van der Waals surface area (Å²) in [6, 6.07) is 29.2. The molecule has 0 aromatic heterocycles. The Morgan fingerprint density at radius 1 is 0.781 bits per heavy atom. The van der Waals surface area contributed by atoms with E-state index in [0.29, 0.717) is 22.6 Å². The molecule has 32 heavy (non-hydrogen) atoms. The summed E-state index contributed by atoms with van der Waals surface area (Å²) in [7, 11) is -5.86. The lowest BCUT2D eigenvalue weighted by atomic mass is 9.76. The second-order valence-electron chi connectivity index (χ2n) is 9.32. The third kappa shape index (κ3) is 4.12. The molecule has 1 aliphatic carbocycles. The predicted octanol–water partition coefficient (Wildman–Crippen LogP) is 4.48. The van der Waals surface area contributed by atoms with Crippen molar-refractivity contribution < 1.29 is 12.8 Å².